The number of carbonyl (C=O) groups is 1. The normalized spacial score (nSPS) is 14.1. The van der Waals surface area contributed by atoms with Gasteiger partial charge in [0.2, 0.25) is 5.91 Å². The molecule has 0 fully saturated rings. The van der Waals surface area contributed by atoms with E-state index in [-0.39, 0.29) is 5.91 Å². The van der Waals surface area contributed by atoms with Gasteiger partial charge in [-0.25, -0.2) is 4.98 Å². The number of ether oxygens (including phenoxy) is 1. The first-order valence-electron chi connectivity index (χ1n) is 7.87. The maximum absolute atomic E-state index is 11.7. The predicted octanol–water partition coefficient (Wildman–Crippen LogP) is 2.55. The van der Waals surface area contributed by atoms with Crippen LogP contribution in [-0.2, 0) is 11.3 Å². The molecule has 6 nitrogen and oxygen atoms in total. The van der Waals surface area contributed by atoms with Crippen molar-refractivity contribution < 1.29 is 9.53 Å². The highest BCUT2D eigenvalue weighted by atomic mass is 16.5. The lowest BCUT2D eigenvalue weighted by Gasteiger charge is -2.17. The number of hydrogen-bond donors (Lipinski definition) is 2. The number of imidazole rings is 1. The Hall–Kier alpha value is -3.02. The molecule has 3 aromatic rings. The van der Waals surface area contributed by atoms with Gasteiger partial charge in [0.25, 0.3) is 0 Å². The molecule has 0 radical (unpaired) electrons. The number of nitrogens with one attached hydrogen (secondary N) is 1. The van der Waals surface area contributed by atoms with Crippen LogP contribution in [0.5, 0.6) is 5.75 Å². The fraction of sp³-hybridized carbons (Fsp3) is 0.222. The molecule has 0 aliphatic carbocycles. The monoisotopic (exact) mass is 322 g/mol. The third-order valence-corrected chi connectivity index (χ3v) is 4.32. The first-order valence-corrected chi connectivity index (χ1v) is 7.87. The van der Waals surface area contributed by atoms with Crippen LogP contribution in [0, 0.1) is 0 Å². The van der Waals surface area contributed by atoms with E-state index in [4.69, 9.17) is 10.5 Å². The molecule has 0 saturated heterocycles. The summed E-state index contributed by atoms with van der Waals surface area (Å²) in [5.41, 5.74) is 10.6. The molecular weight excluding hydrogens is 304 g/mol. The van der Waals surface area contributed by atoms with Crippen molar-refractivity contribution in [2.75, 3.05) is 18.9 Å². The fourth-order valence-corrected chi connectivity index (χ4v) is 3.05. The van der Waals surface area contributed by atoms with Crippen molar-refractivity contribution in [2.24, 2.45) is 0 Å². The predicted molar refractivity (Wildman–Crippen MR) is 92.5 cm³/mol. The molecule has 1 amide bonds. The number of hydrogen-bond acceptors (Lipinski definition) is 4. The van der Waals surface area contributed by atoms with E-state index in [0.717, 1.165) is 33.5 Å². The van der Waals surface area contributed by atoms with E-state index in [9.17, 15) is 4.79 Å². The van der Waals surface area contributed by atoms with Gasteiger partial charge < -0.3 is 20.4 Å². The molecular formula is C18H18N4O2. The Bertz CT molecular complexity index is 932. The van der Waals surface area contributed by atoms with E-state index < -0.39 is 0 Å². The Morgan fingerprint density at radius 3 is 2.88 bits per heavy atom. The van der Waals surface area contributed by atoms with Crippen LogP contribution in [0.3, 0.4) is 0 Å². The molecule has 6 heteroatoms. The van der Waals surface area contributed by atoms with E-state index in [0.29, 0.717) is 25.6 Å². The van der Waals surface area contributed by atoms with Crippen LogP contribution in [0.25, 0.3) is 22.2 Å². The van der Waals surface area contributed by atoms with Crippen LogP contribution in [0.1, 0.15) is 12.5 Å². The molecule has 2 heterocycles. The summed E-state index contributed by atoms with van der Waals surface area (Å²) < 4.78 is 5.77. The van der Waals surface area contributed by atoms with Gasteiger partial charge in [-0.1, -0.05) is 12.1 Å². The van der Waals surface area contributed by atoms with Gasteiger partial charge >= 0.3 is 0 Å². The van der Waals surface area contributed by atoms with Gasteiger partial charge in [0, 0.05) is 19.0 Å². The molecule has 24 heavy (non-hydrogen) atoms. The molecule has 0 bridgehead atoms. The molecule has 3 N–H and O–H groups in total. The zero-order valence-corrected chi connectivity index (χ0v) is 13.4. The first-order chi connectivity index (χ1) is 11.6. The Balaban J connectivity index is 1.74. The van der Waals surface area contributed by atoms with Gasteiger partial charge in [-0.2, -0.15) is 0 Å². The Labute approximate surface area is 139 Å². The zero-order valence-electron chi connectivity index (χ0n) is 13.4. The summed E-state index contributed by atoms with van der Waals surface area (Å²) in [6, 6.07) is 12.1. The molecule has 0 saturated carbocycles. The van der Waals surface area contributed by atoms with Crippen LogP contribution < -0.4 is 10.5 Å². The van der Waals surface area contributed by atoms with E-state index >= 15 is 0 Å². The SMILES string of the molecule is CC(=O)N1CCOc2ccc(-c3ccc4nc(N)[nH]c4c3)cc2C1. The second-order valence-electron chi connectivity index (χ2n) is 5.97. The number of nitrogens with two attached hydrogens (primary N) is 1. The zero-order chi connectivity index (χ0) is 16.7. The van der Waals surface area contributed by atoms with Crippen molar-refractivity contribution in [3.8, 4) is 16.9 Å². The number of amides is 1. The van der Waals surface area contributed by atoms with Crippen molar-refractivity contribution in [3.63, 3.8) is 0 Å². The van der Waals surface area contributed by atoms with E-state index in [1.807, 2.05) is 30.3 Å². The smallest absolute Gasteiger partial charge is 0.219 e. The van der Waals surface area contributed by atoms with Crippen LogP contribution in [-0.4, -0.2) is 33.9 Å². The quantitative estimate of drug-likeness (QED) is 0.721. The van der Waals surface area contributed by atoms with E-state index in [1.54, 1.807) is 11.8 Å². The Morgan fingerprint density at radius 1 is 1.25 bits per heavy atom. The van der Waals surface area contributed by atoms with Crippen molar-refractivity contribution in [1.82, 2.24) is 14.9 Å². The Morgan fingerprint density at radius 2 is 2.04 bits per heavy atom. The van der Waals surface area contributed by atoms with Crippen molar-refractivity contribution in [1.29, 1.82) is 0 Å². The maximum Gasteiger partial charge on any atom is 0.219 e. The largest absolute Gasteiger partial charge is 0.491 e. The van der Waals surface area contributed by atoms with Gasteiger partial charge in [0.1, 0.15) is 12.4 Å². The number of benzene rings is 2. The van der Waals surface area contributed by atoms with Crippen molar-refractivity contribution in [2.45, 2.75) is 13.5 Å². The second kappa shape index (κ2) is 5.56. The number of carbonyl (C=O) groups excluding carboxylic acids is 1. The van der Waals surface area contributed by atoms with E-state index in [1.165, 1.54) is 0 Å². The minimum atomic E-state index is 0.0613. The maximum atomic E-state index is 11.7. The average Bonchev–Trinajstić information content (AvgIpc) is 2.80. The second-order valence-corrected chi connectivity index (χ2v) is 5.97. The molecule has 0 unspecified atom stereocenters. The summed E-state index contributed by atoms with van der Waals surface area (Å²) in [5.74, 6) is 1.31. The fourth-order valence-electron chi connectivity index (χ4n) is 3.05. The minimum absolute atomic E-state index is 0.0613. The van der Waals surface area contributed by atoms with Crippen LogP contribution in [0.4, 0.5) is 5.95 Å². The van der Waals surface area contributed by atoms with Gasteiger partial charge in [-0.05, 0) is 35.4 Å². The molecule has 122 valence electrons. The van der Waals surface area contributed by atoms with Gasteiger partial charge in [-0.15, -0.1) is 0 Å². The highest BCUT2D eigenvalue weighted by Gasteiger charge is 2.18. The number of aromatic amines is 1. The van der Waals surface area contributed by atoms with Crippen LogP contribution in [0.2, 0.25) is 0 Å². The molecule has 4 rings (SSSR count). The van der Waals surface area contributed by atoms with Gasteiger partial charge in [0.05, 0.1) is 17.6 Å². The average molecular weight is 322 g/mol. The van der Waals surface area contributed by atoms with Crippen LogP contribution >= 0.6 is 0 Å². The molecule has 0 spiro atoms. The minimum Gasteiger partial charge on any atom is -0.491 e. The van der Waals surface area contributed by atoms with Crippen LogP contribution in [0.15, 0.2) is 36.4 Å². The van der Waals surface area contributed by atoms with E-state index in [2.05, 4.69) is 16.0 Å². The summed E-state index contributed by atoms with van der Waals surface area (Å²) in [4.78, 5) is 20.8. The summed E-state index contributed by atoms with van der Waals surface area (Å²) in [7, 11) is 0. The molecule has 1 aliphatic rings. The lowest BCUT2D eigenvalue weighted by atomic mass is 10.0. The number of aromatic nitrogens is 2. The number of fused-ring (bicyclic) bond motifs is 2. The van der Waals surface area contributed by atoms with Crippen molar-refractivity contribution in [3.05, 3.63) is 42.0 Å². The highest BCUT2D eigenvalue weighted by molar-refractivity contribution is 5.83. The van der Waals surface area contributed by atoms with Gasteiger partial charge in [-0.3, -0.25) is 4.79 Å². The highest BCUT2D eigenvalue weighted by Crippen LogP contribution is 2.30. The number of H-pyrrole nitrogens is 1. The number of nitrogen functional groups attached to an aromatic ring is 1. The molecule has 1 aromatic heterocycles. The summed E-state index contributed by atoms with van der Waals surface area (Å²) >= 11 is 0. The molecule has 2 aromatic carbocycles. The lowest BCUT2D eigenvalue weighted by molar-refractivity contribution is -0.129. The molecule has 0 atom stereocenters. The number of rotatable bonds is 1. The summed E-state index contributed by atoms with van der Waals surface area (Å²) in [6.07, 6.45) is 0. The molecule has 1 aliphatic heterocycles. The van der Waals surface area contributed by atoms with Crippen molar-refractivity contribution >= 4 is 22.9 Å². The van der Waals surface area contributed by atoms with Gasteiger partial charge in [0.15, 0.2) is 5.95 Å². The third kappa shape index (κ3) is 2.56. The first kappa shape index (κ1) is 14.6. The standard InChI is InChI=1S/C18H18N4O2/c1-11(23)22-6-7-24-17-5-3-12(8-14(17)10-22)13-2-4-15-16(9-13)21-18(19)20-15/h2-5,8-9H,6-7,10H2,1H3,(H3,19,20,21). The Kier molecular flexibility index (Phi) is 3.37. The topological polar surface area (TPSA) is 84.2 Å². The lowest BCUT2D eigenvalue weighted by Crippen LogP contribution is -2.30. The number of nitrogens with zero attached hydrogens (tertiary/aromatic N) is 2. The summed E-state index contributed by atoms with van der Waals surface area (Å²) in [6.45, 7) is 3.28. The number of anilines is 1. The third-order valence-electron chi connectivity index (χ3n) is 4.32. The summed E-state index contributed by atoms with van der Waals surface area (Å²) in [5, 5.41) is 0.